The van der Waals surface area contributed by atoms with Crippen molar-refractivity contribution in [2.75, 3.05) is 30.5 Å². The first kappa shape index (κ1) is 20.0. The number of carbonyl (C=O) groups excluding carboxylic acids is 1. The summed E-state index contributed by atoms with van der Waals surface area (Å²) in [6, 6.07) is 4.74. The third-order valence-corrected chi connectivity index (χ3v) is 3.94. The minimum atomic E-state index is -4.46. The highest BCUT2D eigenvalue weighted by Gasteiger charge is 2.30. The van der Waals surface area contributed by atoms with E-state index in [2.05, 4.69) is 15.3 Å². The van der Waals surface area contributed by atoms with Crippen LogP contribution in [0.4, 0.5) is 19.0 Å². The van der Waals surface area contributed by atoms with Gasteiger partial charge in [0.25, 0.3) is 0 Å². The van der Waals surface area contributed by atoms with Crippen LogP contribution in [0.1, 0.15) is 22.8 Å². The van der Waals surface area contributed by atoms with Crippen molar-refractivity contribution in [2.24, 2.45) is 0 Å². The van der Waals surface area contributed by atoms with Gasteiger partial charge in [0.05, 0.1) is 12.2 Å². The smallest absolute Gasteiger partial charge is 0.416 e. The molecule has 1 heterocycles. The van der Waals surface area contributed by atoms with E-state index in [0.717, 1.165) is 17.9 Å². The maximum atomic E-state index is 12.9. The summed E-state index contributed by atoms with van der Waals surface area (Å²) in [5, 5.41) is 3.01. The van der Waals surface area contributed by atoms with E-state index in [9.17, 15) is 18.0 Å². The van der Waals surface area contributed by atoms with Crippen molar-refractivity contribution >= 4 is 23.5 Å². The van der Waals surface area contributed by atoms with E-state index in [1.54, 1.807) is 18.7 Å². The SMILES string of the molecule is CCOC(=O)c1cnc(-c2cccc(C(F)(F)F)c2)nc1NCCSC. The highest BCUT2D eigenvalue weighted by molar-refractivity contribution is 7.98. The lowest BCUT2D eigenvalue weighted by atomic mass is 10.1. The molecule has 0 fully saturated rings. The van der Waals surface area contributed by atoms with Crippen LogP contribution < -0.4 is 5.32 Å². The third-order valence-electron chi connectivity index (χ3n) is 3.33. The van der Waals surface area contributed by atoms with Crippen LogP contribution in [0.15, 0.2) is 30.5 Å². The molecule has 1 aromatic carbocycles. The van der Waals surface area contributed by atoms with Crippen molar-refractivity contribution < 1.29 is 22.7 Å². The Bertz CT molecular complexity index is 769. The van der Waals surface area contributed by atoms with Crippen LogP contribution in [0.25, 0.3) is 11.4 Å². The van der Waals surface area contributed by atoms with Crippen molar-refractivity contribution in [3.8, 4) is 11.4 Å². The highest BCUT2D eigenvalue weighted by atomic mass is 32.2. The number of hydrogen-bond donors (Lipinski definition) is 1. The molecule has 0 amide bonds. The normalized spacial score (nSPS) is 11.3. The summed E-state index contributed by atoms with van der Waals surface area (Å²) in [5.41, 5.74) is -0.434. The Morgan fingerprint density at radius 3 is 2.77 bits per heavy atom. The minimum Gasteiger partial charge on any atom is -0.462 e. The van der Waals surface area contributed by atoms with Gasteiger partial charge in [-0.15, -0.1) is 0 Å². The topological polar surface area (TPSA) is 64.1 Å². The summed E-state index contributed by atoms with van der Waals surface area (Å²) in [4.78, 5) is 20.3. The summed E-state index contributed by atoms with van der Waals surface area (Å²) < 4.78 is 43.7. The number of esters is 1. The molecular weight excluding hydrogens is 367 g/mol. The molecule has 0 saturated heterocycles. The summed E-state index contributed by atoms with van der Waals surface area (Å²) in [6.07, 6.45) is -1.26. The number of nitrogens with zero attached hydrogens (tertiary/aromatic N) is 2. The van der Waals surface area contributed by atoms with Crippen LogP contribution in [-0.2, 0) is 10.9 Å². The van der Waals surface area contributed by atoms with E-state index in [4.69, 9.17) is 4.74 Å². The van der Waals surface area contributed by atoms with Crippen molar-refractivity contribution in [3.05, 3.63) is 41.6 Å². The molecule has 0 aliphatic carbocycles. The number of carbonyl (C=O) groups is 1. The standard InChI is InChI=1S/C17H18F3N3O2S/c1-3-25-16(24)13-10-22-14(23-15(13)21-7-8-26-2)11-5-4-6-12(9-11)17(18,19)20/h4-6,9-10H,3,7-8H2,1-2H3,(H,21,22,23). The van der Waals surface area contributed by atoms with E-state index in [-0.39, 0.29) is 29.4 Å². The molecule has 0 saturated carbocycles. The molecule has 5 nitrogen and oxygen atoms in total. The predicted molar refractivity (Wildman–Crippen MR) is 95.3 cm³/mol. The molecule has 0 radical (unpaired) electrons. The first-order valence-corrected chi connectivity index (χ1v) is 9.20. The lowest BCUT2D eigenvalue weighted by Gasteiger charge is -2.12. The minimum absolute atomic E-state index is 0.0933. The van der Waals surface area contributed by atoms with Gasteiger partial charge in [0.2, 0.25) is 0 Å². The number of hydrogen-bond acceptors (Lipinski definition) is 6. The van der Waals surface area contributed by atoms with E-state index in [1.165, 1.54) is 18.3 Å². The molecule has 0 bridgehead atoms. The fourth-order valence-corrected chi connectivity index (χ4v) is 2.43. The number of benzene rings is 1. The molecule has 140 valence electrons. The molecule has 2 rings (SSSR count). The van der Waals surface area contributed by atoms with Crippen LogP contribution >= 0.6 is 11.8 Å². The Morgan fingerprint density at radius 2 is 2.12 bits per heavy atom. The molecule has 26 heavy (non-hydrogen) atoms. The lowest BCUT2D eigenvalue weighted by Crippen LogP contribution is -2.14. The number of nitrogens with one attached hydrogen (secondary N) is 1. The van der Waals surface area contributed by atoms with E-state index >= 15 is 0 Å². The Morgan fingerprint density at radius 1 is 1.35 bits per heavy atom. The summed E-state index contributed by atoms with van der Waals surface area (Å²) in [5.74, 6) is 0.510. The largest absolute Gasteiger partial charge is 0.462 e. The summed E-state index contributed by atoms with van der Waals surface area (Å²) >= 11 is 1.60. The van der Waals surface area contributed by atoms with Crippen LogP contribution in [0.2, 0.25) is 0 Å². The zero-order chi connectivity index (χ0) is 19.2. The van der Waals surface area contributed by atoms with Gasteiger partial charge in [-0.1, -0.05) is 12.1 Å². The molecule has 0 aliphatic heterocycles. The molecule has 9 heteroatoms. The van der Waals surface area contributed by atoms with Gasteiger partial charge >= 0.3 is 12.1 Å². The fourth-order valence-electron chi connectivity index (χ4n) is 2.12. The van der Waals surface area contributed by atoms with Gasteiger partial charge in [-0.3, -0.25) is 0 Å². The van der Waals surface area contributed by atoms with Crippen molar-refractivity contribution in [1.82, 2.24) is 9.97 Å². The first-order valence-electron chi connectivity index (χ1n) is 7.81. The number of rotatable bonds is 7. The molecule has 1 N–H and O–H groups in total. The van der Waals surface area contributed by atoms with Crippen molar-refractivity contribution in [2.45, 2.75) is 13.1 Å². The van der Waals surface area contributed by atoms with E-state index in [1.807, 2.05) is 6.26 Å². The van der Waals surface area contributed by atoms with E-state index in [0.29, 0.717) is 6.54 Å². The maximum Gasteiger partial charge on any atom is 0.416 e. The zero-order valence-electron chi connectivity index (χ0n) is 14.3. The van der Waals surface area contributed by atoms with Crippen LogP contribution in [0.5, 0.6) is 0 Å². The number of ether oxygens (including phenoxy) is 1. The van der Waals surface area contributed by atoms with Gasteiger partial charge in [0.15, 0.2) is 5.82 Å². The quantitative estimate of drug-likeness (QED) is 0.572. The average Bonchev–Trinajstić information content (AvgIpc) is 2.61. The Hall–Kier alpha value is -2.29. The van der Waals surface area contributed by atoms with Gasteiger partial charge in [0, 0.05) is 24.1 Å². The molecule has 1 aromatic heterocycles. The Kier molecular flexibility index (Phi) is 6.84. The molecular formula is C17H18F3N3O2S. The third kappa shape index (κ3) is 5.10. The average molecular weight is 385 g/mol. The Balaban J connectivity index is 2.41. The van der Waals surface area contributed by atoms with Crippen molar-refractivity contribution in [1.29, 1.82) is 0 Å². The van der Waals surface area contributed by atoms with Gasteiger partial charge in [0.1, 0.15) is 11.4 Å². The molecule has 0 unspecified atom stereocenters. The molecule has 0 spiro atoms. The second-order valence-electron chi connectivity index (χ2n) is 5.17. The van der Waals surface area contributed by atoms with Gasteiger partial charge in [-0.2, -0.15) is 24.9 Å². The summed E-state index contributed by atoms with van der Waals surface area (Å²) in [7, 11) is 0. The number of aromatic nitrogens is 2. The number of alkyl halides is 3. The zero-order valence-corrected chi connectivity index (χ0v) is 15.1. The number of thioether (sulfide) groups is 1. The predicted octanol–water partition coefficient (Wildman–Crippen LogP) is 4.11. The lowest BCUT2D eigenvalue weighted by molar-refractivity contribution is -0.137. The van der Waals surface area contributed by atoms with Gasteiger partial charge in [-0.05, 0) is 25.3 Å². The van der Waals surface area contributed by atoms with Gasteiger partial charge in [-0.25, -0.2) is 14.8 Å². The van der Waals surface area contributed by atoms with Crippen molar-refractivity contribution in [3.63, 3.8) is 0 Å². The molecule has 0 atom stereocenters. The maximum absolute atomic E-state index is 12.9. The summed E-state index contributed by atoms with van der Waals surface area (Å²) in [6.45, 7) is 2.40. The molecule has 0 aliphatic rings. The second kappa shape index (κ2) is 8.88. The Labute approximate surface area is 153 Å². The monoisotopic (exact) mass is 385 g/mol. The van der Waals surface area contributed by atoms with Crippen LogP contribution in [0.3, 0.4) is 0 Å². The highest BCUT2D eigenvalue weighted by Crippen LogP contribution is 2.31. The van der Waals surface area contributed by atoms with Crippen LogP contribution in [-0.4, -0.2) is 41.1 Å². The first-order chi connectivity index (χ1) is 12.4. The molecule has 2 aromatic rings. The second-order valence-corrected chi connectivity index (χ2v) is 6.16. The number of anilines is 1. The number of halogens is 3. The van der Waals surface area contributed by atoms with Crippen LogP contribution in [0, 0.1) is 0 Å². The van der Waals surface area contributed by atoms with Gasteiger partial charge < -0.3 is 10.1 Å². The fraction of sp³-hybridized carbons (Fsp3) is 0.353. The van der Waals surface area contributed by atoms with E-state index < -0.39 is 17.7 Å².